The van der Waals surface area contributed by atoms with Crippen molar-refractivity contribution in [2.24, 2.45) is 0 Å². The first-order valence-electron chi connectivity index (χ1n) is 7.71. The number of amides is 1. The maximum atomic E-state index is 11.9. The van der Waals surface area contributed by atoms with Crippen molar-refractivity contribution in [2.45, 2.75) is 25.9 Å². The van der Waals surface area contributed by atoms with Gasteiger partial charge in [0, 0.05) is 49.2 Å². The minimum Gasteiger partial charge on any atom is -0.369 e. The average Bonchev–Trinajstić information content (AvgIpc) is 2.81. The summed E-state index contributed by atoms with van der Waals surface area (Å²) in [5.41, 5.74) is 3.20. The molecular formula is C16H24N4O. The van der Waals surface area contributed by atoms with Crippen molar-refractivity contribution in [2.75, 3.05) is 43.4 Å². The second-order valence-electron chi connectivity index (χ2n) is 6.10. The summed E-state index contributed by atoms with van der Waals surface area (Å²) < 4.78 is 0. The van der Waals surface area contributed by atoms with Crippen LogP contribution in [0.3, 0.4) is 0 Å². The molecule has 3 rings (SSSR count). The average molecular weight is 288 g/mol. The smallest absolute Gasteiger partial charge is 0.246 e. The predicted octanol–water partition coefficient (Wildman–Crippen LogP) is 1.43. The van der Waals surface area contributed by atoms with Crippen molar-refractivity contribution < 1.29 is 4.79 Å². The minimum atomic E-state index is -0.216. The Labute approximate surface area is 126 Å². The zero-order chi connectivity index (χ0) is 15.0. The summed E-state index contributed by atoms with van der Waals surface area (Å²) in [5, 5.41) is 6.02. The van der Waals surface area contributed by atoms with Crippen LogP contribution in [0.1, 0.15) is 25.5 Å². The van der Waals surface area contributed by atoms with Gasteiger partial charge in [0.1, 0.15) is 6.04 Å². The SMILES string of the molecule is CNC1C(=O)Nc2cc(N3CCN(C(C)C)CC3)ccc21. The normalized spacial score (nSPS) is 22.6. The molecule has 2 aliphatic heterocycles. The number of piperazine rings is 1. The maximum absolute atomic E-state index is 11.9. The van der Waals surface area contributed by atoms with Crippen LogP contribution in [0.25, 0.3) is 0 Å². The van der Waals surface area contributed by atoms with Gasteiger partial charge in [-0.15, -0.1) is 0 Å². The Morgan fingerprint density at radius 3 is 2.57 bits per heavy atom. The summed E-state index contributed by atoms with van der Waals surface area (Å²) in [6.07, 6.45) is 0. The van der Waals surface area contributed by atoms with Gasteiger partial charge >= 0.3 is 0 Å². The fourth-order valence-corrected chi connectivity index (χ4v) is 3.23. The molecule has 0 aliphatic carbocycles. The van der Waals surface area contributed by atoms with Crippen LogP contribution in [-0.4, -0.2) is 50.1 Å². The Balaban J connectivity index is 1.74. The lowest BCUT2D eigenvalue weighted by molar-refractivity contribution is -0.117. The minimum absolute atomic E-state index is 0.0364. The zero-order valence-electron chi connectivity index (χ0n) is 13.0. The Morgan fingerprint density at radius 2 is 1.95 bits per heavy atom. The summed E-state index contributed by atoms with van der Waals surface area (Å²) in [6, 6.07) is 6.71. The second-order valence-corrected chi connectivity index (χ2v) is 6.10. The molecule has 1 aromatic rings. The monoisotopic (exact) mass is 288 g/mol. The molecule has 0 bridgehead atoms. The van der Waals surface area contributed by atoms with E-state index < -0.39 is 0 Å². The number of nitrogens with zero attached hydrogens (tertiary/aromatic N) is 2. The molecule has 1 atom stereocenters. The fourth-order valence-electron chi connectivity index (χ4n) is 3.23. The largest absolute Gasteiger partial charge is 0.369 e. The number of fused-ring (bicyclic) bond motifs is 1. The van der Waals surface area contributed by atoms with E-state index in [9.17, 15) is 4.79 Å². The number of likely N-dealkylation sites (N-methyl/N-ethyl adjacent to an activating group) is 1. The van der Waals surface area contributed by atoms with Gasteiger partial charge in [-0.3, -0.25) is 9.69 Å². The quantitative estimate of drug-likeness (QED) is 0.883. The van der Waals surface area contributed by atoms with E-state index in [0.717, 1.165) is 37.4 Å². The van der Waals surface area contributed by atoms with Gasteiger partial charge in [0.2, 0.25) is 5.91 Å². The molecule has 1 aromatic carbocycles. The van der Waals surface area contributed by atoms with Gasteiger partial charge in [0.05, 0.1) is 0 Å². The number of rotatable bonds is 3. The van der Waals surface area contributed by atoms with Gasteiger partial charge in [-0.1, -0.05) is 6.07 Å². The maximum Gasteiger partial charge on any atom is 0.246 e. The Bertz CT molecular complexity index is 535. The van der Waals surface area contributed by atoms with Crippen molar-refractivity contribution in [1.29, 1.82) is 0 Å². The van der Waals surface area contributed by atoms with Crippen LogP contribution in [0.5, 0.6) is 0 Å². The van der Waals surface area contributed by atoms with Gasteiger partial charge < -0.3 is 15.5 Å². The molecule has 0 saturated carbocycles. The highest BCUT2D eigenvalue weighted by Gasteiger charge is 2.29. The highest BCUT2D eigenvalue weighted by Crippen LogP contribution is 2.34. The number of carbonyl (C=O) groups is 1. The summed E-state index contributed by atoms with van der Waals surface area (Å²) in [7, 11) is 1.82. The first kappa shape index (κ1) is 14.4. The van der Waals surface area contributed by atoms with E-state index in [0.29, 0.717) is 6.04 Å². The third-order valence-corrected chi connectivity index (χ3v) is 4.57. The predicted molar refractivity (Wildman–Crippen MR) is 85.8 cm³/mol. The Kier molecular flexibility index (Phi) is 3.87. The first-order valence-corrected chi connectivity index (χ1v) is 7.71. The highest BCUT2D eigenvalue weighted by atomic mass is 16.2. The summed E-state index contributed by atoms with van der Waals surface area (Å²) in [4.78, 5) is 16.8. The molecule has 5 nitrogen and oxygen atoms in total. The van der Waals surface area contributed by atoms with Gasteiger partial charge in [-0.2, -0.15) is 0 Å². The Morgan fingerprint density at radius 1 is 1.24 bits per heavy atom. The van der Waals surface area contributed by atoms with E-state index in [1.807, 2.05) is 7.05 Å². The van der Waals surface area contributed by atoms with Crippen LogP contribution in [0.15, 0.2) is 18.2 Å². The van der Waals surface area contributed by atoms with E-state index in [1.165, 1.54) is 5.69 Å². The van der Waals surface area contributed by atoms with E-state index in [1.54, 1.807) is 0 Å². The van der Waals surface area contributed by atoms with Gasteiger partial charge in [0.25, 0.3) is 0 Å². The molecule has 0 spiro atoms. The zero-order valence-corrected chi connectivity index (χ0v) is 13.0. The third kappa shape index (κ3) is 2.63. The van der Waals surface area contributed by atoms with E-state index in [4.69, 9.17) is 0 Å². The molecule has 1 saturated heterocycles. The first-order chi connectivity index (χ1) is 10.1. The van der Waals surface area contributed by atoms with Gasteiger partial charge in [-0.25, -0.2) is 0 Å². The van der Waals surface area contributed by atoms with E-state index in [-0.39, 0.29) is 11.9 Å². The molecule has 1 fully saturated rings. The van der Waals surface area contributed by atoms with Crippen LogP contribution in [0.2, 0.25) is 0 Å². The molecule has 2 heterocycles. The fraction of sp³-hybridized carbons (Fsp3) is 0.562. The van der Waals surface area contributed by atoms with Crippen molar-refractivity contribution >= 4 is 17.3 Å². The van der Waals surface area contributed by atoms with Crippen LogP contribution in [0, 0.1) is 0 Å². The molecule has 5 heteroatoms. The lowest BCUT2D eigenvalue weighted by atomic mass is 10.1. The summed E-state index contributed by atoms with van der Waals surface area (Å²) in [6.45, 7) is 8.78. The number of hydrogen-bond donors (Lipinski definition) is 2. The molecule has 0 aromatic heterocycles. The molecule has 114 valence electrons. The molecule has 0 radical (unpaired) electrons. The second kappa shape index (κ2) is 5.66. The Hall–Kier alpha value is -1.59. The van der Waals surface area contributed by atoms with Gasteiger partial charge in [-0.05, 0) is 33.0 Å². The standard InChI is InChI=1S/C16H24N4O/c1-11(2)19-6-8-20(9-7-19)12-4-5-13-14(10-12)18-16(21)15(13)17-3/h4-5,10-11,15,17H,6-9H2,1-3H3,(H,18,21). The number of benzene rings is 1. The molecule has 1 amide bonds. The highest BCUT2D eigenvalue weighted by molar-refractivity contribution is 6.03. The van der Waals surface area contributed by atoms with Crippen LogP contribution < -0.4 is 15.5 Å². The molecule has 2 aliphatic rings. The van der Waals surface area contributed by atoms with Crippen LogP contribution >= 0.6 is 0 Å². The van der Waals surface area contributed by atoms with Crippen LogP contribution in [0.4, 0.5) is 11.4 Å². The van der Waals surface area contributed by atoms with Crippen molar-refractivity contribution in [1.82, 2.24) is 10.2 Å². The summed E-state index contributed by atoms with van der Waals surface area (Å²) in [5.74, 6) is 0.0364. The molecular weight excluding hydrogens is 264 g/mol. The topological polar surface area (TPSA) is 47.6 Å². The third-order valence-electron chi connectivity index (χ3n) is 4.57. The number of anilines is 2. The lowest BCUT2D eigenvalue weighted by Crippen LogP contribution is -2.48. The number of nitrogens with one attached hydrogen (secondary N) is 2. The van der Waals surface area contributed by atoms with Crippen molar-refractivity contribution in [3.05, 3.63) is 23.8 Å². The lowest BCUT2D eigenvalue weighted by Gasteiger charge is -2.38. The van der Waals surface area contributed by atoms with E-state index in [2.05, 4.69) is 52.5 Å². The number of carbonyl (C=O) groups excluding carboxylic acids is 1. The summed E-state index contributed by atoms with van der Waals surface area (Å²) >= 11 is 0. The molecule has 2 N–H and O–H groups in total. The van der Waals surface area contributed by atoms with E-state index >= 15 is 0 Å². The van der Waals surface area contributed by atoms with Crippen molar-refractivity contribution in [3.8, 4) is 0 Å². The van der Waals surface area contributed by atoms with Gasteiger partial charge in [0.15, 0.2) is 0 Å². The van der Waals surface area contributed by atoms with Crippen LogP contribution in [-0.2, 0) is 4.79 Å². The number of hydrogen-bond acceptors (Lipinski definition) is 4. The van der Waals surface area contributed by atoms with Crippen molar-refractivity contribution in [3.63, 3.8) is 0 Å². The molecule has 21 heavy (non-hydrogen) atoms. The molecule has 1 unspecified atom stereocenters.